The van der Waals surface area contributed by atoms with Gasteiger partial charge in [0.1, 0.15) is 5.82 Å². The van der Waals surface area contributed by atoms with Crippen LogP contribution in [0.4, 0.5) is 11.8 Å². The molecule has 2 rings (SSSR count). The van der Waals surface area contributed by atoms with E-state index in [1.165, 1.54) is 12.8 Å². The van der Waals surface area contributed by atoms with Crippen LogP contribution in [0.1, 0.15) is 12.8 Å². The van der Waals surface area contributed by atoms with Crippen molar-refractivity contribution in [3.05, 3.63) is 10.7 Å². The molecule has 0 saturated carbocycles. The number of likely N-dealkylation sites (N-methyl/N-ethyl adjacent to an activating group) is 1. The molecule has 0 spiro atoms. The largest absolute Gasteiger partial charge is 0.351 e. The van der Waals surface area contributed by atoms with Crippen molar-refractivity contribution in [2.75, 3.05) is 37.5 Å². The Morgan fingerprint density at radius 2 is 2.39 bits per heavy atom. The smallest absolute Gasteiger partial charge is 0.239 e. The first-order chi connectivity index (χ1) is 8.61. The van der Waals surface area contributed by atoms with E-state index in [0.717, 1.165) is 23.4 Å². The van der Waals surface area contributed by atoms with Gasteiger partial charge < -0.3 is 9.80 Å². The third-order valence-electron chi connectivity index (χ3n) is 3.08. The van der Waals surface area contributed by atoms with Gasteiger partial charge in [-0.3, -0.25) is 5.43 Å². The van der Waals surface area contributed by atoms with Crippen molar-refractivity contribution in [3.8, 4) is 0 Å². The van der Waals surface area contributed by atoms with Crippen molar-refractivity contribution in [3.63, 3.8) is 0 Å². The Balaban J connectivity index is 2.23. The Morgan fingerprint density at radius 1 is 1.61 bits per heavy atom. The normalized spacial score (nSPS) is 19.6. The standard InChI is InChI=1S/C11H19BrN6/c1-17(2)7-8-4-3-5-18(8)10-9(12)6-14-11(15-10)16-13/h6,8H,3-5,7,13H2,1-2H3,(H,14,15,16). The third-order valence-corrected chi connectivity index (χ3v) is 3.64. The first kappa shape index (κ1) is 13.5. The quantitative estimate of drug-likeness (QED) is 0.639. The van der Waals surface area contributed by atoms with Crippen LogP contribution in [0.5, 0.6) is 0 Å². The number of nitrogens with two attached hydrogens (primary N) is 1. The molecule has 18 heavy (non-hydrogen) atoms. The molecule has 0 radical (unpaired) electrons. The fourth-order valence-electron chi connectivity index (χ4n) is 2.35. The maximum Gasteiger partial charge on any atom is 0.239 e. The van der Waals surface area contributed by atoms with E-state index < -0.39 is 0 Å². The van der Waals surface area contributed by atoms with Gasteiger partial charge in [-0.05, 0) is 42.9 Å². The summed E-state index contributed by atoms with van der Waals surface area (Å²) in [4.78, 5) is 13.1. The highest BCUT2D eigenvalue weighted by Gasteiger charge is 2.27. The summed E-state index contributed by atoms with van der Waals surface area (Å²) in [6.45, 7) is 2.06. The second-order valence-corrected chi connectivity index (χ2v) is 5.62. The fraction of sp³-hybridized carbons (Fsp3) is 0.636. The van der Waals surface area contributed by atoms with E-state index >= 15 is 0 Å². The van der Waals surface area contributed by atoms with Gasteiger partial charge in [0.05, 0.1) is 4.47 Å². The molecule has 6 nitrogen and oxygen atoms in total. The maximum atomic E-state index is 5.37. The molecule has 7 heteroatoms. The number of rotatable bonds is 4. The van der Waals surface area contributed by atoms with Crippen molar-refractivity contribution in [2.24, 2.45) is 5.84 Å². The summed E-state index contributed by atoms with van der Waals surface area (Å²) in [5, 5.41) is 0. The summed E-state index contributed by atoms with van der Waals surface area (Å²) in [6, 6.07) is 0.497. The van der Waals surface area contributed by atoms with Gasteiger partial charge in [-0.1, -0.05) is 0 Å². The molecule has 1 unspecified atom stereocenters. The lowest BCUT2D eigenvalue weighted by Gasteiger charge is -2.28. The molecule has 3 N–H and O–H groups in total. The van der Waals surface area contributed by atoms with Gasteiger partial charge in [0.2, 0.25) is 5.95 Å². The van der Waals surface area contributed by atoms with Crippen molar-refractivity contribution in [1.29, 1.82) is 0 Å². The van der Waals surface area contributed by atoms with Gasteiger partial charge in [0.15, 0.2) is 0 Å². The van der Waals surface area contributed by atoms with Gasteiger partial charge in [-0.15, -0.1) is 0 Å². The van der Waals surface area contributed by atoms with Crippen LogP contribution in [0.3, 0.4) is 0 Å². The highest BCUT2D eigenvalue weighted by Crippen LogP contribution is 2.30. The Morgan fingerprint density at radius 3 is 3.06 bits per heavy atom. The van der Waals surface area contributed by atoms with Gasteiger partial charge in [0.25, 0.3) is 0 Å². The zero-order valence-electron chi connectivity index (χ0n) is 10.7. The van der Waals surface area contributed by atoms with E-state index in [4.69, 9.17) is 5.84 Å². The van der Waals surface area contributed by atoms with Crippen LogP contribution < -0.4 is 16.2 Å². The molecular weight excluding hydrogens is 296 g/mol. The topological polar surface area (TPSA) is 70.3 Å². The monoisotopic (exact) mass is 314 g/mol. The van der Waals surface area contributed by atoms with Crippen LogP contribution >= 0.6 is 15.9 Å². The van der Waals surface area contributed by atoms with E-state index in [1.54, 1.807) is 6.20 Å². The number of aromatic nitrogens is 2. The number of hydrogen-bond donors (Lipinski definition) is 2. The molecule has 1 saturated heterocycles. The summed E-state index contributed by atoms with van der Waals surface area (Å²) in [5.41, 5.74) is 2.49. The third kappa shape index (κ3) is 2.90. The average Bonchev–Trinajstić information content (AvgIpc) is 2.77. The molecule has 1 aromatic heterocycles. The number of hydrogen-bond acceptors (Lipinski definition) is 6. The van der Waals surface area contributed by atoms with Crippen LogP contribution in [0.15, 0.2) is 10.7 Å². The van der Waals surface area contributed by atoms with Gasteiger partial charge in [-0.25, -0.2) is 10.8 Å². The summed E-state index contributed by atoms with van der Waals surface area (Å²) >= 11 is 3.51. The first-order valence-electron chi connectivity index (χ1n) is 6.02. The average molecular weight is 315 g/mol. The minimum absolute atomic E-state index is 0.448. The zero-order valence-corrected chi connectivity index (χ0v) is 12.3. The van der Waals surface area contributed by atoms with Gasteiger partial charge in [-0.2, -0.15) is 4.98 Å². The molecule has 1 aliphatic heterocycles. The predicted octanol–water partition coefficient (Wildman–Crippen LogP) is 1.06. The van der Waals surface area contributed by atoms with Crippen LogP contribution in [-0.2, 0) is 0 Å². The predicted molar refractivity (Wildman–Crippen MR) is 76.5 cm³/mol. The molecule has 1 aromatic rings. The van der Waals surface area contributed by atoms with Crippen LogP contribution in [-0.4, -0.2) is 48.1 Å². The lowest BCUT2D eigenvalue weighted by atomic mass is 10.2. The number of nitrogens with zero attached hydrogens (tertiary/aromatic N) is 4. The summed E-state index contributed by atoms with van der Waals surface area (Å²) in [5.74, 6) is 6.73. The fourth-order valence-corrected chi connectivity index (χ4v) is 2.77. The number of nitrogens with one attached hydrogen (secondary N) is 1. The van der Waals surface area contributed by atoms with Crippen molar-refractivity contribution in [1.82, 2.24) is 14.9 Å². The van der Waals surface area contributed by atoms with Gasteiger partial charge in [0, 0.05) is 25.3 Å². The van der Waals surface area contributed by atoms with Crippen LogP contribution in [0.25, 0.3) is 0 Å². The Bertz CT molecular complexity index is 411. The first-order valence-corrected chi connectivity index (χ1v) is 6.81. The summed E-state index contributed by atoms with van der Waals surface area (Å²) in [7, 11) is 4.19. The second-order valence-electron chi connectivity index (χ2n) is 4.76. The molecule has 2 heterocycles. The number of anilines is 2. The summed E-state index contributed by atoms with van der Waals surface area (Å²) < 4.78 is 0.909. The Kier molecular flexibility index (Phi) is 4.36. The minimum atomic E-state index is 0.448. The number of hydrazine groups is 1. The molecule has 1 atom stereocenters. The highest BCUT2D eigenvalue weighted by molar-refractivity contribution is 9.10. The van der Waals surface area contributed by atoms with E-state index in [-0.39, 0.29) is 0 Å². The Labute approximate surface area is 116 Å². The molecule has 0 aliphatic carbocycles. The molecule has 1 aliphatic rings. The lowest BCUT2D eigenvalue weighted by Crippen LogP contribution is -2.38. The number of nitrogen functional groups attached to an aromatic ring is 1. The molecule has 0 aromatic carbocycles. The SMILES string of the molecule is CN(C)CC1CCCN1c1nc(NN)ncc1Br. The molecule has 100 valence electrons. The minimum Gasteiger partial charge on any atom is -0.351 e. The van der Waals surface area contributed by atoms with Crippen molar-refractivity contribution >= 4 is 27.7 Å². The summed E-state index contributed by atoms with van der Waals surface area (Å²) in [6.07, 6.45) is 4.13. The second kappa shape index (κ2) is 5.81. The van der Waals surface area contributed by atoms with Crippen LogP contribution in [0, 0.1) is 0 Å². The van der Waals surface area contributed by atoms with E-state index in [2.05, 4.69) is 55.2 Å². The lowest BCUT2D eigenvalue weighted by molar-refractivity contribution is 0.371. The molecule has 1 fully saturated rings. The van der Waals surface area contributed by atoms with Gasteiger partial charge >= 0.3 is 0 Å². The maximum absolute atomic E-state index is 5.37. The van der Waals surface area contributed by atoms with E-state index in [9.17, 15) is 0 Å². The van der Waals surface area contributed by atoms with Crippen molar-refractivity contribution < 1.29 is 0 Å². The molecule has 0 bridgehead atoms. The van der Waals surface area contributed by atoms with Crippen molar-refractivity contribution in [2.45, 2.75) is 18.9 Å². The molecule has 0 amide bonds. The molecular formula is C11H19BrN6. The van der Waals surface area contributed by atoms with E-state index in [1.807, 2.05) is 0 Å². The zero-order chi connectivity index (χ0) is 13.1. The van der Waals surface area contributed by atoms with Crippen LogP contribution in [0.2, 0.25) is 0 Å². The van der Waals surface area contributed by atoms with E-state index in [0.29, 0.717) is 12.0 Å². The highest BCUT2D eigenvalue weighted by atomic mass is 79.9. The number of halogens is 1. The Hall–Kier alpha value is -0.920.